The highest BCUT2D eigenvalue weighted by molar-refractivity contribution is 6.04. The van der Waals surface area contributed by atoms with Gasteiger partial charge in [-0.1, -0.05) is 12.1 Å². The van der Waals surface area contributed by atoms with Crippen LogP contribution in [0.3, 0.4) is 0 Å². The molecule has 3 aromatic heterocycles. The second-order valence-corrected chi connectivity index (χ2v) is 5.52. The van der Waals surface area contributed by atoms with Crippen LogP contribution in [0.15, 0.2) is 42.6 Å². The number of nitrogens with one attached hydrogen (secondary N) is 1. The number of rotatable bonds is 4. The lowest BCUT2D eigenvalue weighted by Gasteiger charge is -2.07. The van der Waals surface area contributed by atoms with E-state index in [1.54, 1.807) is 18.2 Å². The summed E-state index contributed by atoms with van der Waals surface area (Å²) < 4.78 is 41.1. The molecule has 3 heterocycles. The van der Waals surface area contributed by atoms with Crippen LogP contribution in [0.2, 0.25) is 0 Å². The molecule has 0 aliphatic rings. The number of pyridine rings is 2. The topological polar surface area (TPSA) is 94.3 Å². The summed E-state index contributed by atoms with van der Waals surface area (Å²) in [6, 6.07) is 10.0. The molecule has 0 aliphatic heterocycles. The third-order valence-electron chi connectivity index (χ3n) is 3.77. The van der Waals surface area contributed by atoms with Crippen LogP contribution in [-0.2, 0) is 12.7 Å². The summed E-state index contributed by atoms with van der Waals surface area (Å²) in [5.74, 6) is -1.54. The number of anilines is 1. The van der Waals surface area contributed by atoms with E-state index in [1.807, 2.05) is 6.07 Å². The van der Waals surface area contributed by atoms with Gasteiger partial charge in [-0.25, -0.2) is 4.98 Å². The zero-order valence-corrected chi connectivity index (χ0v) is 13.7. The second kappa shape index (κ2) is 6.95. The number of alkyl halides is 3. The van der Waals surface area contributed by atoms with Crippen molar-refractivity contribution in [1.82, 2.24) is 9.38 Å². The molecule has 0 bridgehead atoms. The van der Waals surface area contributed by atoms with Gasteiger partial charge in [0, 0.05) is 6.07 Å². The number of fused-ring (bicyclic) bond motifs is 1. The van der Waals surface area contributed by atoms with Crippen LogP contribution < -0.4 is 9.88 Å². The summed E-state index contributed by atoms with van der Waals surface area (Å²) in [5.41, 5.74) is -0.872. The van der Waals surface area contributed by atoms with Crippen LogP contribution in [0.25, 0.3) is 5.65 Å². The van der Waals surface area contributed by atoms with Gasteiger partial charge in [0.25, 0.3) is 11.3 Å². The average molecular weight is 376 g/mol. The molecule has 7 nitrogen and oxygen atoms in total. The molecule has 0 spiro atoms. The minimum Gasteiger partial charge on any atom is -0.475 e. The Labute approximate surface area is 150 Å². The van der Waals surface area contributed by atoms with Crippen molar-refractivity contribution >= 4 is 17.4 Å². The molecule has 0 fully saturated rings. The van der Waals surface area contributed by atoms with Gasteiger partial charge in [-0.05, 0) is 18.2 Å². The lowest BCUT2D eigenvalue weighted by molar-refractivity contribution is -0.675. The standard InChI is InChI=1S/C17H12F3N5O2/c18-17(19,20)11-5-3-6-12(22-11)23-15(26)14-16(27)25(10-4-8-21)13-7-1-2-9-24(13)14/h1-3,5-7,9H,4,10H2,(H-,22,23,26,27)/p+1. The number of nitrogens with zero attached hydrogens (tertiary/aromatic N) is 4. The molecule has 3 rings (SSSR count). The average Bonchev–Trinajstić information content (AvgIpc) is 2.91. The van der Waals surface area contributed by atoms with Crippen LogP contribution in [0, 0.1) is 11.3 Å². The van der Waals surface area contributed by atoms with Crippen molar-refractivity contribution < 1.29 is 27.6 Å². The summed E-state index contributed by atoms with van der Waals surface area (Å²) in [6.45, 7) is 0.144. The van der Waals surface area contributed by atoms with Crippen LogP contribution in [0.4, 0.5) is 19.0 Å². The minimum absolute atomic E-state index is 0.100. The van der Waals surface area contributed by atoms with E-state index in [4.69, 9.17) is 5.26 Å². The number of aryl methyl sites for hydroxylation is 1. The molecule has 1 amide bonds. The van der Waals surface area contributed by atoms with Crippen molar-refractivity contribution in [1.29, 1.82) is 5.26 Å². The van der Waals surface area contributed by atoms with E-state index in [0.717, 1.165) is 12.1 Å². The van der Waals surface area contributed by atoms with Crippen LogP contribution in [-0.4, -0.2) is 20.4 Å². The third kappa shape index (κ3) is 3.52. The number of carbonyl (C=O) groups excluding carboxylic acids is 1. The molecule has 3 aromatic rings. The Kier molecular flexibility index (Phi) is 4.68. The highest BCUT2D eigenvalue weighted by Gasteiger charge is 2.34. The van der Waals surface area contributed by atoms with E-state index in [0.29, 0.717) is 5.65 Å². The van der Waals surface area contributed by atoms with E-state index < -0.39 is 23.7 Å². The summed E-state index contributed by atoms with van der Waals surface area (Å²) >= 11 is 0. The van der Waals surface area contributed by atoms with Gasteiger partial charge >= 0.3 is 18.0 Å². The van der Waals surface area contributed by atoms with E-state index in [2.05, 4.69) is 10.3 Å². The van der Waals surface area contributed by atoms with Gasteiger partial charge < -0.3 is 10.4 Å². The monoisotopic (exact) mass is 376 g/mol. The van der Waals surface area contributed by atoms with Crippen LogP contribution in [0.1, 0.15) is 22.6 Å². The highest BCUT2D eigenvalue weighted by atomic mass is 19.4. The number of aromatic hydroxyl groups is 1. The Hall–Kier alpha value is -3.61. The Morgan fingerprint density at radius 1 is 1.30 bits per heavy atom. The lowest BCUT2D eigenvalue weighted by Crippen LogP contribution is -2.33. The zero-order valence-electron chi connectivity index (χ0n) is 13.7. The summed E-state index contributed by atoms with van der Waals surface area (Å²) in [7, 11) is 0. The van der Waals surface area contributed by atoms with Gasteiger partial charge in [-0.15, -0.1) is 0 Å². The maximum atomic E-state index is 12.8. The molecular formula is C17H13F3N5O2+. The first-order chi connectivity index (χ1) is 12.8. The molecule has 27 heavy (non-hydrogen) atoms. The fourth-order valence-corrected chi connectivity index (χ4v) is 2.62. The summed E-state index contributed by atoms with van der Waals surface area (Å²) in [5, 5.41) is 21.5. The number of hydrogen-bond donors (Lipinski definition) is 2. The second-order valence-electron chi connectivity index (χ2n) is 5.52. The van der Waals surface area contributed by atoms with Gasteiger partial charge in [0.05, 0.1) is 18.7 Å². The number of aromatic nitrogens is 3. The highest BCUT2D eigenvalue weighted by Crippen LogP contribution is 2.28. The number of nitriles is 1. The first-order valence-electron chi connectivity index (χ1n) is 7.77. The normalized spacial score (nSPS) is 11.3. The van der Waals surface area contributed by atoms with Gasteiger partial charge in [-0.2, -0.15) is 27.4 Å². The molecular weight excluding hydrogens is 363 g/mol. The minimum atomic E-state index is -4.65. The number of hydrogen-bond acceptors (Lipinski definition) is 4. The molecule has 0 unspecified atom stereocenters. The Balaban J connectivity index is 2.00. The predicted molar refractivity (Wildman–Crippen MR) is 86.7 cm³/mol. The van der Waals surface area contributed by atoms with E-state index in [1.165, 1.54) is 21.2 Å². The SMILES string of the molecule is N#CCC[n+]1c(O)c(C(=O)Nc2cccc(C(F)(F)F)n2)n2ccccc21. The van der Waals surface area contributed by atoms with Gasteiger partial charge in [0.15, 0.2) is 0 Å². The fraction of sp³-hybridized carbons (Fsp3) is 0.176. The fourth-order valence-electron chi connectivity index (χ4n) is 2.62. The Morgan fingerprint density at radius 3 is 2.78 bits per heavy atom. The maximum Gasteiger partial charge on any atom is 0.433 e. The zero-order chi connectivity index (χ0) is 19.6. The van der Waals surface area contributed by atoms with Crippen molar-refractivity contribution in [3.63, 3.8) is 0 Å². The first kappa shape index (κ1) is 18.2. The van der Waals surface area contributed by atoms with Gasteiger partial charge in [0.1, 0.15) is 18.1 Å². The number of halogens is 3. The van der Waals surface area contributed by atoms with Gasteiger partial charge in [-0.3, -0.25) is 4.79 Å². The Bertz CT molecular complexity index is 1050. The van der Waals surface area contributed by atoms with Gasteiger partial charge in [0.2, 0.25) is 0 Å². The third-order valence-corrected chi connectivity index (χ3v) is 3.77. The molecule has 138 valence electrons. The van der Waals surface area contributed by atoms with Crippen LogP contribution in [0.5, 0.6) is 5.88 Å². The molecule has 0 aromatic carbocycles. The summed E-state index contributed by atoms with van der Waals surface area (Å²) in [4.78, 5) is 16.0. The van der Waals surface area contributed by atoms with E-state index in [9.17, 15) is 23.1 Å². The smallest absolute Gasteiger partial charge is 0.433 e. The molecule has 0 radical (unpaired) electrons. The molecule has 0 atom stereocenters. The lowest BCUT2D eigenvalue weighted by atomic mass is 10.3. The van der Waals surface area contributed by atoms with Crippen molar-refractivity contribution in [3.8, 4) is 11.9 Å². The molecule has 0 aliphatic carbocycles. The predicted octanol–water partition coefficient (Wildman–Crippen LogP) is 2.51. The van der Waals surface area contributed by atoms with Crippen molar-refractivity contribution in [3.05, 3.63) is 54.0 Å². The number of imidazole rings is 1. The first-order valence-corrected chi connectivity index (χ1v) is 7.77. The summed E-state index contributed by atoms with van der Waals surface area (Å²) in [6.07, 6.45) is -3.03. The van der Waals surface area contributed by atoms with Crippen molar-refractivity contribution in [2.75, 3.05) is 5.32 Å². The molecule has 0 saturated heterocycles. The number of amides is 1. The largest absolute Gasteiger partial charge is 0.475 e. The Morgan fingerprint density at radius 2 is 2.07 bits per heavy atom. The van der Waals surface area contributed by atoms with Crippen LogP contribution >= 0.6 is 0 Å². The van der Waals surface area contributed by atoms with E-state index >= 15 is 0 Å². The molecule has 10 heteroatoms. The van der Waals surface area contributed by atoms with Crippen molar-refractivity contribution in [2.45, 2.75) is 19.1 Å². The maximum absolute atomic E-state index is 12.8. The quantitative estimate of drug-likeness (QED) is 0.684. The molecule has 0 saturated carbocycles. The van der Waals surface area contributed by atoms with E-state index in [-0.39, 0.29) is 24.5 Å². The van der Waals surface area contributed by atoms with Crippen molar-refractivity contribution in [2.24, 2.45) is 0 Å². The molecule has 2 N–H and O–H groups in total. The number of carbonyl (C=O) groups is 1.